The van der Waals surface area contributed by atoms with Gasteiger partial charge in [-0.05, 0) is 63.3 Å². The van der Waals surface area contributed by atoms with Crippen LogP contribution in [-0.2, 0) is 6.18 Å². The fraction of sp³-hybridized carbons (Fsp3) is 0.625. The number of rotatable bonds is 6. The number of ether oxygens (including phenoxy) is 1. The van der Waals surface area contributed by atoms with E-state index in [2.05, 4.69) is 5.32 Å². The summed E-state index contributed by atoms with van der Waals surface area (Å²) < 4.78 is 44.1. The lowest BCUT2D eigenvalue weighted by molar-refractivity contribution is -0.137. The van der Waals surface area contributed by atoms with Crippen LogP contribution in [0.3, 0.4) is 0 Å². The Labute approximate surface area is 122 Å². The van der Waals surface area contributed by atoms with Crippen molar-refractivity contribution in [2.45, 2.75) is 56.3 Å². The molecule has 0 radical (unpaired) electrons. The lowest BCUT2D eigenvalue weighted by Gasteiger charge is -2.42. The minimum absolute atomic E-state index is 0.272. The number of nitrogens with one attached hydrogen (secondary N) is 1. The molecular weight excluding hydrogens is 279 g/mol. The molecule has 5 heteroatoms. The first-order valence-electron chi connectivity index (χ1n) is 7.57. The summed E-state index contributed by atoms with van der Waals surface area (Å²) >= 11 is 0. The van der Waals surface area contributed by atoms with Gasteiger partial charge in [0.05, 0.1) is 5.56 Å². The van der Waals surface area contributed by atoms with Gasteiger partial charge >= 0.3 is 6.18 Å². The summed E-state index contributed by atoms with van der Waals surface area (Å²) in [4.78, 5) is 0. The molecule has 0 unspecified atom stereocenters. The van der Waals surface area contributed by atoms with Crippen LogP contribution in [0.1, 0.15) is 44.1 Å². The second kappa shape index (κ2) is 5.52. The third-order valence-corrected chi connectivity index (χ3v) is 4.35. The van der Waals surface area contributed by atoms with Crippen LogP contribution in [0.2, 0.25) is 0 Å². The van der Waals surface area contributed by atoms with Crippen LogP contribution in [0, 0.1) is 0 Å². The summed E-state index contributed by atoms with van der Waals surface area (Å²) in [5.74, 6) is 0.330. The van der Waals surface area contributed by atoms with E-state index in [9.17, 15) is 13.2 Å². The molecule has 2 nitrogen and oxygen atoms in total. The van der Waals surface area contributed by atoms with Gasteiger partial charge in [-0.15, -0.1) is 0 Å². The molecule has 0 aliphatic heterocycles. The molecular formula is C16H20F3NO. The first kappa shape index (κ1) is 14.7. The monoisotopic (exact) mass is 299 g/mol. The molecule has 0 atom stereocenters. The van der Waals surface area contributed by atoms with E-state index in [0.29, 0.717) is 11.8 Å². The first-order chi connectivity index (χ1) is 9.97. The molecule has 2 fully saturated rings. The van der Waals surface area contributed by atoms with Gasteiger partial charge in [0.15, 0.2) is 0 Å². The van der Waals surface area contributed by atoms with Crippen LogP contribution in [0.4, 0.5) is 13.2 Å². The molecule has 2 saturated carbocycles. The number of halogens is 3. The van der Waals surface area contributed by atoms with E-state index in [-0.39, 0.29) is 5.60 Å². The fourth-order valence-corrected chi connectivity index (χ4v) is 2.75. The zero-order valence-electron chi connectivity index (χ0n) is 11.9. The molecule has 3 rings (SSSR count). The topological polar surface area (TPSA) is 21.3 Å². The van der Waals surface area contributed by atoms with Crippen molar-refractivity contribution in [3.05, 3.63) is 29.8 Å². The molecule has 0 aromatic heterocycles. The highest BCUT2D eigenvalue weighted by atomic mass is 19.4. The molecule has 2 aliphatic rings. The summed E-state index contributed by atoms with van der Waals surface area (Å²) in [7, 11) is 0. The molecule has 0 heterocycles. The second-order valence-electron chi connectivity index (χ2n) is 6.14. The SMILES string of the molecule is FC(F)(F)c1cccc(OC2(CCNC3CC3)CCC2)c1. The lowest BCUT2D eigenvalue weighted by Crippen LogP contribution is -2.45. The summed E-state index contributed by atoms with van der Waals surface area (Å²) in [5.41, 5.74) is -0.919. The maximum atomic E-state index is 12.7. The zero-order chi connectivity index (χ0) is 14.9. The molecule has 2 aliphatic carbocycles. The van der Waals surface area contributed by atoms with Gasteiger partial charge in [0.1, 0.15) is 11.4 Å². The standard InChI is InChI=1S/C16H20F3NO/c17-16(18,19)12-3-1-4-14(11-12)21-15(7-2-8-15)9-10-20-13-5-6-13/h1,3-4,11,13,20H,2,5-10H2. The van der Waals surface area contributed by atoms with Gasteiger partial charge in [0.2, 0.25) is 0 Å². The number of hydrogen-bond acceptors (Lipinski definition) is 2. The van der Waals surface area contributed by atoms with E-state index in [1.54, 1.807) is 6.07 Å². The van der Waals surface area contributed by atoms with Crippen molar-refractivity contribution in [1.82, 2.24) is 5.32 Å². The van der Waals surface area contributed by atoms with E-state index >= 15 is 0 Å². The van der Waals surface area contributed by atoms with Gasteiger partial charge in [0.25, 0.3) is 0 Å². The summed E-state index contributed by atoms with van der Waals surface area (Å²) in [6.45, 7) is 0.879. The summed E-state index contributed by atoms with van der Waals surface area (Å²) in [6.07, 6.45) is 1.95. The minimum atomic E-state index is -4.32. The Morgan fingerprint density at radius 1 is 1.24 bits per heavy atom. The van der Waals surface area contributed by atoms with Gasteiger partial charge < -0.3 is 10.1 Å². The Bertz CT molecular complexity index is 493. The second-order valence-corrected chi connectivity index (χ2v) is 6.14. The van der Waals surface area contributed by atoms with Gasteiger partial charge in [-0.1, -0.05) is 6.07 Å². The molecule has 0 saturated heterocycles. The summed E-state index contributed by atoms with van der Waals surface area (Å²) in [5, 5.41) is 3.44. The predicted octanol–water partition coefficient (Wildman–Crippen LogP) is 4.15. The maximum absolute atomic E-state index is 12.7. The van der Waals surface area contributed by atoms with Crippen molar-refractivity contribution >= 4 is 0 Å². The van der Waals surface area contributed by atoms with Gasteiger partial charge in [0, 0.05) is 6.04 Å². The Balaban J connectivity index is 1.62. The van der Waals surface area contributed by atoms with Crippen LogP contribution >= 0.6 is 0 Å². The number of hydrogen-bond donors (Lipinski definition) is 1. The molecule has 1 aromatic carbocycles. The van der Waals surface area contributed by atoms with E-state index in [0.717, 1.165) is 44.4 Å². The van der Waals surface area contributed by atoms with E-state index in [1.807, 2.05) is 0 Å². The quantitative estimate of drug-likeness (QED) is 0.852. The average Bonchev–Trinajstić information content (AvgIpc) is 3.19. The Morgan fingerprint density at radius 3 is 2.57 bits per heavy atom. The van der Waals surface area contributed by atoms with Crippen LogP contribution in [0.25, 0.3) is 0 Å². The Morgan fingerprint density at radius 2 is 2.00 bits per heavy atom. The molecule has 1 aromatic rings. The van der Waals surface area contributed by atoms with Gasteiger partial charge in [-0.25, -0.2) is 0 Å². The average molecular weight is 299 g/mol. The third-order valence-electron chi connectivity index (χ3n) is 4.35. The fourth-order valence-electron chi connectivity index (χ4n) is 2.75. The van der Waals surface area contributed by atoms with E-state index in [4.69, 9.17) is 4.74 Å². The maximum Gasteiger partial charge on any atom is 0.416 e. The van der Waals surface area contributed by atoms with Gasteiger partial charge in [-0.2, -0.15) is 13.2 Å². The highest BCUT2D eigenvalue weighted by Crippen LogP contribution is 2.40. The lowest BCUT2D eigenvalue weighted by atomic mass is 9.77. The van der Waals surface area contributed by atoms with Crippen molar-refractivity contribution in [3.63, 3.8) is 0 Å². The Hall–Kier alpha value is -1.23. The van der Waals surface area contributed by atoms with Gasteiger partial charge in [-0.3, -0.25) is 0 Å². The van der Waals surface area contributed by atoms with Crippen LogP contribution < -0.4 is 10.1 Å². The zero-order valence-corrected chi connectivity index (χ0v) is 11.9. The van der Waals surface area contributed by atoms with Crippen LogP contribution in [0.5, 0.6) is 5.75 Å². The normalized spacial score (nSPS) is 20.9. The Kier molecular flexibility index (Phi) is 3.86. The van der Waals surface area contributed by atoms with Crippen molar-refractivity contribution in [3.8, 4) is 5.75 Å². The first-order valence-corrected chi connectivity index (χ1v) is 7.57. The van der Waals surface area contributed by atoms with Crippen molar-refractivity contribution in [2.75, 3.05) is 6.54 Å². The summed E-state index contributed by atoms with van der Waals surface area (Å²) in [6, 6.07) is 5.86. The molecule has 0 amide bonds. The van der Waals surface area contributed by atoms with Crippen molar-refractivity contribution in [1.29, 1.82) is 0 Å². The van der Waals surface area contributed by atoms with Crippen LogP contribution in [-0.4, -0.2) is 18.2 Å². The minimum Gasteiger partial charge on any atom is -0.487 e. The highest BCUT2D eigenvalue weighted by Gasteiger charge is 2.40. The highest BCUT2D eigenvalue weighted by molar-refractivity contribution is 5.31. The smallest absolute Gasteiger partial charge is 0.416 e. The molecule has 21 heavy (non-hydrogen) atoms. The van der Waals surface area contributed by atoms with Crippen LogP contribution in [0.15, 0.2) is 24.3 Å². The third kappa shape index (κ3) is 3.70. The molecule has 116 valence electrons. The largest absolute Gasteiger partial charge is 0.487 e. The predicted molar refractivity (Wildman–Crippen MR) is 74.3 cm³/mol. The van der Waals surface area contributed by atoms with E-state index in [1.165, 1.54) is 18.9 Å². The molecule has 0 bridgehead atoms. The number of alkyl halides is 3. The van der Waals surface area contributed by atoms with E-state index < -0.39 is 11.7 Å². The molecule has 1 N–H and O–H groups in total. The number of benzene rings is 1. The van der Waals surface area contributed by atoms with Crippen molar-refractivity contribution < 1.29 is 17.9 Å². The van der Waals surface area contributed by atoms with Crippen molar-refractivity contribution in [2.24, 2.45) is 0 Å². The molecule has 0 spiro atoms.